The normalized spacial score (nSPS) is 35.5. The third-order valence-electron chi connectivity index (χ3n) is 7.61. The first-order valence-corrected chi connectivity index (χ1v) is 10.0. The molecule has 0 aromatic heterocycles. The molecule has 0 saturated heterocycles. The number of carbonyl (C=O) groups is 1. The molecule has 1 aliphatic heterocycles. The van der Waals surface area contributed by atoms with E-state index in [0.29, 0.717) is 23.1 Å². The fourth-order valence-corrected chi connectivity index (χ4v) is 6.39. The lowest BCUT2D eigenvalue weighted by Crippen LogP contribution is -2.60. The molecule has 4 heteroatoms. The van der Waals surface area contributed by atoms with E-state index in [1.165, 1.54) is 5.57 Å². The molecule has 2 N–H and O–H groups in total. The molecule has 0 amide bonds. The Kier molecular flexibility index (Phi) is 3.93. The molecule has 0 bridgehead atoms. The van der Waals surface area contributed by atoms with Crippen LogP contribution < -0.4 is 4.74 Å². The maximum Gasteiger partial charge on any atom is 0.339 e. The van der Waals surface area contributed by atoms with Crippen LogP contribution in [0.3, 0.4) is 0 Å². The number of aromatic carboxylic acids is 1. The van der Waals surface area contributed by atoms with Crippen LogP contribution >= 0.6 is 0 Å². The Morgan fingerprint density at radius 2 is 2.07 bits per heavy atom. The number of carboxylic acid groups (broad SMARTS) is 1. The zero-order valence-corrected chi connectivity index (χ0v) is 16.9. The lowest BCUT2D eigenvalue weighted by atomic mass is 9.43. The fraction of sp³-hybridized carbons (Fsp3) is 0.609. The number of allylic oxidation sites excluding steroid dienone is 2. The van der Waals surface area contributed by atoms with Crippen LogP contribution in [-0.4, -0.2) is 21.8 Å². The Morgan fingerprint density at radius 1 is 1.37 bits per heavy atom. The van der Waals surface area contributed by atoms with Crippen molar-refractivity contribution >= 4 is 5.97 Å². The number of phenols is 1. The highest BCUT2D eigenvalue weighted by Gasteiger charge is 2.70. The SMILES string of the molecule is CC(C)=CCC[C@]1(C)C2CC[C@]3(C)Oc4cc(C)c(C(=O)O)c(O)c4C1C23. The number of aryl methyl sites for hydroxylation is 1. The number of carboxylic acids is 1. The number of ether oxygens (including phenoxy) is 1. The summed E-state index contributed by atoms with van der Waals surface area (Å²) < 4.78 is 6.41. The van der Waals surface area contributed by atoms with Gasteiger partial charge in [0.05, 0.1) is 0 Å². The second-order valence-corrected chi connectivity index (χ2v) is 9.52. The summed E-state index contributed by atoms with van der Waals surface area (Å²) in [4.78, 5) is 11.7. The third-order valence-corrected chi connectivity index (χ3v) is 7.61. The molecule has 2 saturated carbocycles. The summed E-state index contributed by atoms with van der Waals surface area (Å²) in [7, 11) is 0. The van der Waals surface area contributed by atoms with Crippen LogP contribution in [0.15, 0.2) is 17.7 Å². The topological polar surface area (TPSA) is 66.8 Å². The van der Waals surface area contributed by atoms with Gasteiger partial charge < -0.3 is 14.9 Å². The highest BCUT2D eigenvalue weighted by Crippen LogP contribution is 2.75. The molecular weight excluding hydrogens is 340 g/mol. The predicted molar refractivity (Wildman–Crippen MR) is 105 cm³/mol. The molecule has 146 valence electrons. The molecular formula is C23H30O4. The second-order valence-electron chi connectivity index (χ2n) is 9.52. The Balaban J connectivity index is 1.84. The van der Waals surface area contributed by atoms with Gasteiger partial charge in [-0.3, -0.25) is 0 Å². The molecule has 1 aromatic rings. The quantitative estimate of drug-likeness (QED) is 0.694. The van der Waals surface area contributed by atoms with Crippen LogP contribution in [-0.2, 0) is 0 Å². The van der Waals surface area contributed by atoms with Gasteiger partial charge in [-0.05, 0) is 76.3 Å². The summed E-state index contributed by atoms with van der Waals surface area (Å²) in [6.45, 7) is 10.5. The highest BCUT2D eigenvalue weighted by molar-refractivity contribution is 5.94. The number of benzene rings is 1. The van der Waals surface area contributed by atoms with Crippen molar-refractivity contribution in [2.75, 3.05) is 0 Å². The Bertz CT molecular complexity index is 850. The van der Waals surface area contributed by atoms with Crippen molar-refractivity contribution in [2.45, 2.75) is 71.8 Å². The van der Waals surface area contributed by atoms with Crippen LogP contribution in [0.4, 0.5) is 0 Å². The van der Waals surface area contributed by atoms with Gasteiger partial charge in [-0.2, -0.15) is 0 Å². The molecule has 0 radical (unpaired) electrons. The maximum absolute atomic E-state index is 11.7. The maximum atomic E-state index is 11.7. The summed E-state index contributed by atoms with van der Waals surface area (Å²) in [5.41, 5.74) is 2.50. The van der Waals surface area contributed by atoms with Crippen LogP contribution in [0.5, 0.6) is 11.5 Å². The lowest BCUT2D eigenvalue weighted by molar-refractivity contribution is -0.133. The molecule has 4 rings (SSSR count). The van der Waals surface area contributed by atoms with E-state index in [-0.39, 0.29) is 28.2 Å². The van der Waals surface area contributed by atoms with Gasteiger partial charge in [0.25, 0.3) is 0 Å². The number of hydrogen-bond acceptors (Lipinski definition) is 3. The average molecular weight is 370 g/mol. The summed E-state index contributed by atoms with van der Waals surface area (Å²) >= 11 is 0. The van der Waals surface area contributed by atoms with Crippen LogP contribution in [0.1, 0.15) is 80.8 Å². The molecule has 1 heterocycles. The number of rotatable bonds is 4. The number of aromatic hydroxyl groups is 1. The predicted octanol–water partition coefficient (Wildman–Crippen LogP) is 5.43. The van der Waals surface area contributed by atoms with E-state index in [4.69, 9.17) is 4.74 Å². The van der Waals surface area contributed by atoms with Crippen LogP contribution in [0.25, 0.3) is 0 Å². The molecule has 5 atom stereocenters. The smallest absolute Gasteiger partial charge is 0.339 e. The van der Waals surface area contributed by atoms with Gasteiger partial charge >= 0.3 is 5.97 Å². The zero-order valence-electron chi connectivity index (χ0n) is 16.9. The lowest BCUT2D eigenvalue weighted by Gasteiger charge is -2.63. The van der Waals surface area contributed by atoms with E-state index >= 15 is 0 Å². The van der Waals surface area contributed by atoms with Gasteiger partial charge in [0.15, 0.2) is 0 Å². The second kappa shape index (κ2) is 5.76. The molecule has 2 aliphatic carbocycles. The van der Waals surface area contributed by atoms with Crippen LogP contribution in [0.2, 0.25) is 0 Å². The molecule has 3 aliphatic rings. The van der Waals surface area contributed by atoms with Crippen molar-refractivity contribution < 1.29 is 19.7 Å². The molecule has 2 fully saturated rings. The van der Waals surface area contributed by atoms with E-state index in [0.717, 1.165) is 31.2 Å². The summed E-state index contributed by atoms with van der Waals surface area (Å²) in [6.07, 6.45) is 6.52. The summed E-state index contributed by atoms with van der Waals surface area (Å²) in [6, 6.07) is 1.82. The molecule has 27 heavy (non-hydrogen) atoms. The molecule has 4 nitrogen and oxygen atoms in total. The van der Waals surface area contributed by atoms with E-state index in [9.17, 15) is 15.0 Å². The van der Waals surface area contributed by atoms with Gasteiger partial charge in [0.1, 0.15) is 22.7 Å². The van der Waals surface area contributed by atoms with E-state index in [1.54, 1.807) is 6.92 Å². The fourth-order valence-electron chi connectivity index (χ4n) is 6.39. The van der Waals surface area contributed by atoms with E-state index in [2.05, 4.69) is 33.8 Å². The minimum absolute atomic E-state index is 0.0223. The van der Waals surface area contributed by atoms with Crippen molar-refractivity contribution in [3.05, 3.63) is 34.4 Å². The summed E-state index contributed by atoms with van der Waals surface area (Å²) in [5.74, 6) is 0.616. The largest absolute Gasteiger partial charge is 0.507 e. The molecule has 0 spiro atoms. The van der Waals surface area contributed by atoms with Crippen molar-refractivity contribution in [2.24, 2.45) is 17.3 Å². The third kappa shape index (κ3) is 2.38. The standard InChI is InChI=1S/C23H30O4/c1-12(2)7-6-9-22(4)14-8-10-23(5)18(14)19(22)17-15(27-23)11-13(3)16(20(17)24)21(25)26/h7,11,14,18-19,24H,6,8-10H2,1-5H3,(H,25,26)/t14?,18?,19?,22-,23+/m1/s1. The average Bonchev–Trinajstić information content (AvgIpc) is 2.87. The summed E-state index contributed by atoms with van der Waals surface area (Å²) in [5, 5.41) is 20.6. The van der Waals surface area contributed by atoms with Crippen LogP contribution in [0, 0.1) is 24.2 Å². The Morgan fingerprint density at radius 3 is 2.70 bits per heavy atom. The van der Waals surface area contributed by atoms with Gasteiger partial charge in [-0.1, -0.05) is 18.6 Å². The minimum Gasteiger partial charge on any atom is -0.507 e. The van der Waals surface area contributed by atoms with Crippen molar-refractivity contribution in [1.82, 2.24) is 0 Å². The first-order chi connectivity index (χ1) is 12.6. The van der Waals surface area contributed by atoms with Gasteiger partial charge in [0, 0.05) is 17.4 Å². The Labute approximate surface area is 161 Å². The van der Waals surface area contributed by atoms with Crippen molar-refractivity contribution in [1.29, 1.82) is 0 Å². The molecule has 1 aromatic carbocycles. The zero-order chi connectivity index (χ0) is 19.7. The first kappa shape index (κ1) is 18.4. The van der Waals surface area contributed by atoms with Gasteiger partial charge in [0.2, 0.25) is 0 Å². The van der Waals surface area contributed by atoms with E-state index < -0.39 is 5.97 Å². The highest BCUT2D eigenvalue weighted by atomic mass is 16.5. The van der Waals surface area contributed by atoms with Gasteiger partial charge in [-0.25, -0.2) is 4.79 Å². The first-order valence-electron chi connectivity index (χ1n) is 10.0. The molecule has 3 unspecified atom stereocenters. The Hall–Kier alpha value is -1.97. The van der Waals surface area contributed by atoms with Gasteiger partial charge in [-0.15, -0.1) is 0 Å². The van der Waals surface area contributed by atoms with Crippen molar-refractivity contribution in [3.8, 4) is 11.5 Å². The minimum atomic E-state index is -1.07. The number of fused-ring (bicyclic) bond motifs is 2. The number of hydrogen-bond donors (Lipinski definition) is 2. The van der Waals surface area contributed by atoms with E-state index in [1.807, 2.05) is 6.07 Å². The van der Waals surface area contributed by atoms with Crippen molar-refractivity contribution in [3.63, 3.8) is 0 Å². The monoisotopic (exact) mass is 370 g/mol.